The lowest BCUT2D eigenvalue weighted by Gasteiger charge is -2.24. The van der Waals surface area contributed by atoms with Gasteiger partial charge in [0.15, 0.2) is 0 Å². The molecule has 0 radical (unpaired) electrons. The molecule has 0 aliphatic heterocycles. The van der Waals surface area contributed by atoms with Crippen LogP contribution in [0.2, 0.25) is 0 Å². The summed E-state index contributed by atoms with van der Waals surface area (Å²) in [7, 11) is 1.38. The summed E-state index contributed by atoms with van der Waals surface area (Å²) in [6.07, 6.45) is 5.31. The number of carbonyl (C=O) groups excluding carboxylic acids is 1. The summed E-state index contributed by atoms with van der Waals surface area (Å²) in [5.74, 6) is -0.348. The molecular weight excluding hydrogens is 344 g/mol. The van der Waals surface area contributed by atoms with E-state index in [0.717, 1.165) is 18.4 Å². The van der Waals surface area contributed by atoms with Crippen molar-refractivity contribution >= 4 is 23.2 Å². The lowest BCUT2D eigenvalue weighted by molar-refractivity contribution is -0.134. The molecule has 0 amide bonds. The maximum Gasteiger partial charge on any atom is 0.330 e. The molecule has 0 atom stereocenters. The van der Waals surface area contributed by atoms with Gasteiger partial charge in [-0.1, -0.05) is 78.9 Å². The Bertz CT molecular complexity index is 1040. The highest BCUT2D eigenvalue weighted by molar-refractivity contribution is 6.00. The minimum atomic E-state index is -0.348. The Labute approximate surface area is 165 Å². The minimum absolute atomic E-state index is 0.348. The van der Waals surface area contributed by atoms with Gasteiger partial charge in [0.1, 0.15) is 0 Å². The molecule has 0 N–H and O–H groups in total. The molecule has 0 saturated heterocycles. The Morgan fingerprint density at radius 1 is 0.821 bits per heavy atom. The molecule has 0 aromatic heterocycles. The minimum Gasteiger partial charge on any atom is -0.466 e. The van der Waals surface area contributed by atoms with E-state index in [1.807, 2.05) is 12.1 Å². The second-order valence-electron chi connectivity index (χ2n) is 6.86. The van der Waals surface area contributed by atoms with Crippen LogP contribution in [0, 0.1) is 0 Å². The fourth-order valence-electron chi connectivity index (χ4n) is 3.78. The van der Waals surface area contributed by atoms with Crippen molar-refractivity contribution < 1.29 is 9.53 Å². The summed E-state index contributed by atoms with van der Waals surface area (Å²) >= 11 is 0. The fourth-order valence-corrected chi connectivity index (χ4v) is 3.78. The molecule has 2 nitrogen and oxygen atoms in total. The van der Waals surface area contributed by atoms with Crippen molar-refractivity contribution in [2.45, 2.75) is 12.8 Å². The van der Waals surface area contributed by atoms with E-state index >= 15 is 0 Å². The molecule has 28 heavy (non-hydrogen) atoms. The van der Waals surface area contributed by atoms with Gasteiger partial charge in [-0.25, -0.2) is 4.79 Å². The maximum atomic E-state index is 11.3. The Kier molecular flexibility index (Phi) is 5.20. The summed E-state index contributed by atoms with van der Waals surface area (Å²) in [5, 5.41) is 0. The lowest BCUT2D eigenvalue weighted by atomic mass is 9.79. The standard InChI is InChI=1S/C26H22O2/c1-28-25(27)18-13-19-11-14-22(15-12-19)26-23-10-6-5-9-21(23)16-17-24(26)20-7-3-2-4-8-20/h2-15,18H,16-17H2,1H3/b18-13+. The molecule has 0 heterocycles. The van der Waals surface area contributed by atoms with E-state index in [-0.39, 0.29) is 5.97 Å². The Morgan fingerprint density at radius 2 is 1.54 bits per heavy atom. The van der Waals surface area contributed by atoms with Gasteiger partial charge in [-0.2, -0.15) is 0 Å². The third kappa shape index (κ3) is 3.67. The molecule has 3 aromatic carbocycles. The smallest absolute Gasteiger partial charge is 0.330 e. The quantitative estimate of drug-likeness (QED) is 0.432. The highest BCUT2D eigenvalue weighted by atomic mass is 16.5. The maximum absolute atomic E-state index is 11.3. The highest BCUT2D eigenvalue weighted by Crippen LogP contribution is 2.40. The lowest BCUT2D eigenvalue weighted by Crippen LogP contribution is -2.06. The molecule has 0 bridgehead atoms. The summed E-state index contributed by atoms with van der Waals surface area (Å²) in [6, 6.07) is 27.7. The van der Waals surface area contributed by atoms with Crippen LogP contribution in [0.3, 0.4) is 0 Å². The summed E-state index contributed by atoms with van der Waals surface area (Å²) in [4.78, 5) is 11.3. The normalized spacial score (nSPS) is 13.5. The molecule has 4 rings (SSSR count). The summed E-state index contributed by atoms with van der Waals surface area (Å²) in [5.41, 5.74) is 8.84. The highest BCUT2D eigenvalue weighted by Gasteiger charge is 2.20. The average Bonchev–Trinajstić information content (AvgIpc) is 2.77. The number of methoxy groups -OCH3 is 1. The average molecular weight is 366 g/mol. The zero-order valence-corrected chi connectivity index (χ0v) is 15.9. The van der Waals surface area contributed by atoms with E-state index in [1.165, 1.54) is 46.6 Å². The summed E-state index contributed by atoms with van der Waals surface area (Å²) in [6.45, 7) is 0. The SMILES string of the molecule is COC(=O)/C=C/c1ccc(C2=C(c3ccccc3)CCc3ccccc32)cc1. The predicted molar refractivity (Wildman–Crippen MR) is 115 cm³/mol. The third-order valence-electron chi connectivity index (χ3n) is 5.17. The number of hydrogen-bond donors (Lipinski definition) is 0. The topological polar surface area (TPSA) is 26.3 Å². The number of hydrogen-bond acceptors (Lipinski definition) is 2. The second-order valence-corrected chi connectivity index (χ2v) is 6.86. The number of aryl methyl sites for hydroxylation is 1. The number of allylic oxidation sites excluding steroid dienone is 1. The van der Waals surface area contributed by atoms with Crippen LogP contribution in [0.4, 0.5) is 0 Å². The van der Waals surface area contributed by atoms with Crippen LogP contribution in [-0.4, -0.2) is 13.1 Å². The molecule has 3 aromatic rings. The number of ether oxygens (including phenoxy) is 1. The number of benzene rings is 3. The van der Waals surface area contributed by atoms with E-state index in [9.17, 15) is 4.79 Å². The zero-order valence-electron chi connectivity index (χ0n) is 15.9. The first-order chi connectivity index (χ1) is 13.8. The van der Waals surface area contributed by atoms with Crippen molar-refractivity contribution in [2.75, 3.05) is 7.11 Å². The van der Waals surface area contributed by atoms with Gasteiger partial charge < -0.3 is 4.74 Å². The van der Waals surface area contributed by atoms with Crippen LogP contribution < -0.4 is 0 Å². The van der Waals surface area contributed by atoms with Crippen molar-refractivity contribution in [1.82, 2.24) is 0 Å². The van der Waals surface area contributed by atoms with Crippen LogP contribution in [0.15, 0.2) is 84.9 Å². The van der Waals surface area contributed by atoms with E-state index in [2.05, 4.69) is 71.5 Å². The van der Waals surface area contributed by atoms with Gasteiger partial charge in [-0.3, -0.25) is 0 Å². The molecule has 0 saturated carbocycles. The van der Waals surface area contributed by atoms with Gasteiger partial charge in [0, 0.05) is 6.08 Å². The number of rotatable bonds is 4. The predicted octanol–water partition coefficient (Wildman–Crippen LogP) is 5.78. The molecule has 138 valence electrons. The van der Waals surface area contributed by atoms with Crippen molar-refractivity contribution in [3.63, 3.8) is 0 Å². The van der Waals surface area contributed by atoms with Crippen molar-refractivity contribution in [2.24, 2.45) is 0 Å². The first-order valence-corrected chi connectivity index (χ1v) is 9.49. The molecule has 1 aliphatic rings. The third-order valence-corrected chi connectivity index (χ3v) is 5.17. The van der Waals surface area contributed by atoms with Gasteiger partial charge in [-0.15, -0.1) is 0 Å². The van der Waals surface area contributed by atoms with Gasteiger partial charge in [-0.05, 0) is 57.9 Å². The Hall–Kier alpha value is -3.39. The fraction of sp³-hybridized carbons (Fsp3) is 0.115. The molecule has 0 unspecified atom stereocenters. The van der Waals surface area contributed by atoms with Gasteiger partial charge in [0.2, 0.25) is 0 Å². The Balaban J connectivity index is 1.80. The van der Waals surface area contributed by atoms with Crippen LogP contribution in [0.5, 0.6) is 0 Å². The second kappa shape index (κ2) is 8.10. The molecule has 0 fully saturated rings. The monoisotopic (exact) mass is 366 g/mol. The number of esters is 1. The van der Waals surface area contributed by atoms with Gasteiger partial charge in [0.05, 0.1) is 7.11 Å². The van der Waals surface area contributed by atoms with Crippen molar-refractivity contribution in [1.29, 1.82) is 0 Å². The van der Waals surface area contributed by atoms with Gasteiger partial charge >= 0.3 is 5.97 Å². The first-order valence-electron chi connectivity index (χ1n) is 9.49. The van der Waals surface area contributed by atoms with Crippen LogP contribution in [-0.2, 0) is 16.0 Å². The van der Waals surface area contributed by atoms with E-state index < -0.39 is 0 Å². The Morgan fingerprint density at radius 3 is 2.29 bits per heavy atom. The molecule has 2 heteroatoms. The van der Waals surface area contributed by atoms with E-state index in [4.69, 9.17) is 0 Å². The van der Waals surface area contributed by atoms with Crippen molar-refractivity contribution in [3.8, 4) is 0 Å². The summed E-state index contributed by atoms with van der Waals surface area (Å²) < 4.78 is 4.66. The molecule has 1 aliphatic carbocycles. The number of fused-ring (bicyclic) bond motifs is 1. The van der Waals surface area contributed by atoms with Crippen LogP contribution in [0.1, 0.15) is 34.2 Å². The molecular formula is C26H22O2. The van der Waals surface area contributed by atoms with Crippen molar-refractivity contribution in [3.05, 3.63) is 113 Å². The van der Waals surface area contributed by atoms with Gasteiger partial charge in [0.25, 0.3) is 0 Å². The number of carbonyl (C=O) groups is 1. The first kappa shape index (κ1) is 18.0. The molecule has 0 spiro atoms. The largest absolute Gasteiger partial charge is 0.466 e. The van der Waals surface area contributed by atoms with E-state index in [1.54, 1.807) is 6.08 Å². The zero-order chi connectivity index (χ0) is 19.3. The van der Waals surface area contributed by atoms with Crippen LogP contribution in [0.25, 0.3) is 17.2 Å². The van der Waals surface area contributed by atoms with E-state index in [0.29, 0.717) is 0 Å². The van der Waals surface area contributed by atoms with Crippen LogP contribution >= 0.6 is 0 Å².